The van der Waals surface area contributed by atoms with Crippen LogP contribution in [0.15, 0.2) is 0 Å². The van der Waals surface area contributed by atoms with Crippen molar-refractivity contribution >= 4 is 11.3 Å². The molecule has 0 spiro atoms. The van der Waals surface area contributed by atoms with Crippen molar-refractivity contribution in [1.82, 2.24) is 4.98 Å². The van der Waals surface area contributed by atoms with Gasteiger partial charge in [-0.25, -0.2) is 4.98 Å². The van der Waals surface area contributed by atoms with Crippen molar-refractivity contribution in [3.05, 3.63) is 15.6 Å². The zero-order valence-corrected chi connectivity index (χ0v) is 9.43. The normalized spacial score (nSPS) is 19.4. The number of hydrogen-bond donors (Lipinski definition) is 1. The number of aryl methyl sites for hydroxylation is 2. The van der Waals surface area contributed by atoms with Crippen molar-refractivity contribution in [2.24, 2.45) is 5.73 Å². The molecule has 14 heavy (non-hydrogen) atoms. The van der Waals surface area contributed by atoms with Crippen molar-refractivity contribution in [2.45, 2.75) is 38.3 Å². The summed E-state index contributed by atoms with van der Waals surface area (Å²) in [5, 5.41) is 1.03. The largest absolute Gasteiger partial charge is 0.380 e. The van der Waals surface area contributed by atoms with E-state index in [0.29, 0.717) is 0 Å². The van der Waals surface area contributed by atoms with Crippen molar-refractivity contribution in [3.63, 3.8) is 0 Å². The van der Waals surface area contributed by atoms with Crippen LogP contribution in [0.4, 0.5) is 0 Å². The van der Waals surface area contributed by atoms with E-state index in [-0.39, 0.29) is 12.1 Å². The summed E-state index contributed by atoms with van der Waals surface area (Å²) in [6.45, 7) is 1.98. The molecular formula is C10H16N2OS. The summed E-state index contributed by atoms with van der Waals surface area (Å²) in [6, 6.07) is -0.0735. The lowest BCUT2D eigenvalue weighted by molar-refractivity contribution is 0.0955. The van der Waals surface area contributed by atoms with E-state index < -0.39 is 0 Å². The standard InChI is InChI=1S/C10H16N2OS/c1-6(13-2)9(11)10-12-7-4-3-5-8(7)14-10/h6,9H,3-5,11H2,1-2H3. The van der Waals surface area contributed by atoms with Crippen LogP contribution in [0.5, 0.6) is 0 Å². The fourth-order valence-electron chi connectivity index (χ4n) is 1.70. The summed E-state index contributed by atoms with van der Waals surface area (Å²) in [4.78, 5) is 6.00. The molecule has 0 saturated heterocycles. The third-order valence-corrected chi connectivity index (χ3v) is 4.03. The van der Waals surface area contributed by atoms with E-state index in [9.17, 15) is 0 Å². The van der Waals surface area contributed by atoms with Gasteiger partial charge in [-0.15, -0.1) is 11.3 Å². The van der Waals surface area contributed by atoms with E-state index >= 15 is 0 Å². The van der Waals surface area contributed by atoms with Gasteiger partial charge in [0.1, 0.15) is 5.01 Å². The second kappa shape index (κ2) is 3.96. The van der Waals surface area contributed by atoms with E-state index in [0.717, 1.165) is 11.4 Å². The van der Waals surface area contributed by atoms with Crippen LogP contribution in [0.25, 0.3) is 0 Å². The van der Waals surface area contributed by atoms with Crippen LogP contribution in [-0.4, -0.2) is 18.2 Å². The summed E-state index contributed by atoms with van der Waals surface area (Å²) in [6.07, 6.45) is 3.60. The van der Waals surface area contributed by atoms with Gasteiger partial charge in [-0.05, 0) is 26.2 Å². The Bertz CT molecular complexity index is 302. The van der Waals surface area contributed by atoms with Gasteiger partial charge in [0, 0.05) is 12.0 Å². The quantitative estimate of drug-likeness (QED) is 0.829. The fourth-order valence-corrected chi connectivity index (χ4v) is 2.95. The second-order valence-electron chi connectivity index (χ2n) is 3.74. The Morgan fingerprint density at radius 1 is 1.50 bits per heavy atom. The summed E-state index contributed by atoms with van der Waals surface area (Å²) in [5.74, 6) is 0. The first-order valence-electron chi connectivity index (χ1n) is 4.99. The third kappa shape index (κ3) is 1.69. The third-order valence-electron chi connectivity index (χ3n) is 2.77. The molecule has 1 aliphatic carbocycles. The van der Waals surface area contributed by atoms with Crippen molar-refractivity contribution in [3.8, 4) is 0 Å². The highest BCUT2D eigenvalue weighted by Gasteiger charge is 2.22. The van der Waals surface area contributed by atoms with Gasteiger partial charge < -0.3 is 10.5 Å². The van der Waals surface area contributed by atoms with E-state index in [2.05, 4.69) is 4.98 Å². The molecule has 1 aromatic heterocycles. The van der Waals surface area contributed by atoms with E-state index in [1.165, 1.54) is 23.4 Å². The molecule has 2 N–H and O–H groups in total. The van der Waals surface area contributed by atoms with Crippen LogP contribution in [0, 0.1) is 0 Å². The second-order valence-corrected chi connectivity index (χ2v) is 4.86. The predicted molar refractivity (Wildman–Crippen MR) is 57.5 cm³/mol. The molecule has 0 saturated carbocycles. The topological polar surface area (TPSA) is 48.1 Å². The zero-order chi connectivity index (χ0) is 10.1. The lowest BCUT2D eigenvalue weighted by atomic mass is 10.2. The highest BCUT2D eigenvalue weighted by Crippen LogP contribution is 2.31. The maximum atomic E-state index is 6.03. The molecule has 0 amide bonds. The minimum atomic E-state index is -0.0735. The summed E-state index contributed by atoms with van der Waals surface area (Å²) < 4.78 is 5.21. The number of rotatable bonds is 3. The van der Waals surface area contributed by atoms with Gasteiger partial charge in [-0.3, -0.25) is 0 Å². The molecule has 4 heteroatoms. The monoisotopic (exact) mass is 212 g/mol. The SMILES string of the molecule is COC(C)C(N)c1nc2c(s1)CCC2. The predicted octanol–water partition coefficient (Wildman–Crippen LogP) is 1.67. The lowest BCUT2D eigenvalue weighted by Crippen LogP contribution is -2.25. The molecule has 2 rings (SSSR count). The average Bonchev–Trinajstić information content (AvgIpc) is 2.74. The molecule has 0 aromatic carbocycles. The molecule has 1 aliphatic rings. The van der Waals surface area contributed by atoms with Crippen molar-refractivity contribution < 1.29 is 4.74 Å². The first kappa shape index (κ1) is 10.1. The number of aromatic nitrogens is 1. The van der Waals surface area contributed by atoms with E-state index in [1.807, 2.05) is 6.92 Å². The Hall–Kier alpha value is -0.450. The molecule has 0 bridgehead atoms. The summed E-state index contributed by atoms with van der Waals surface area (Å²) in [7, 11) is 1.69. The fraction of sp³-hybridized carbons (Fsp3) is 0.700. The van der Waals surface area contributed by atoms with Gasteiger partial charge in [0.05, 0.1) is 17.8 Å². The average molecular weight is 212 g/mol. The Morgan fingerprint density at radius 2 is 2.29 bits per heavy atom. The molecule has 0 aliphatic heterocycles. The first-order chi connectivity index (χ1) is 6.72. The minimum Gasteiger partial charge on any atom is -0.380 e. The van der Waals surface area contributed by atoms with Crippen LogP contribution < -0.4 is 5.73 Å². The van der Waals surface area contributed by atoms with Crippen LogP contribution in [0.2, 0.25) is 0 Å². The van der Waals surface area contributed by atoms with Gasteiger partial charge >= 0.3 is 0 Å². The van der Waals surface area contributed by atoms with Gasteiger partial charge in [0.25, 0.3) is 0 Å². The molecule has 3 nitrogen and oxygen atoms in total. The molecule has 2 unspecified atom stereocenters. The smallest absolute Gasteiger partial charge is 0.113 e. The highest BCUT2D eigenvalue weighted by atomic mass is 32.1. The van der Waals surface area contributed by atoms with Gasteiger partial charge in [-0.1, -0.05) is 0 Å². The molecule has 0 fully saturated rings. The number of nitrogens with zero attached hydrogens (tertiary/aromatic N) is 1. The minimum absolute atomic E-state index is 0.0428. The van der Waals surface area contributed by atoms with Crippen molar-refractivity contribution in [1.29, 1.82) is 0 Å². The van der Waals surface area contributed by atoms with Gasteiger partial charge in [-0.2, -0.15) is 0 Å². The van der Waals surface area contributed by atoms with E-state index in [4.69, 9.17) is 10.5 Å². The summed E-state index contributed by atoms with van der Waals surface area (Å²) in [5.41, 5.74) is 7.30. The molecule has 1 aromatic rings. The number of thiazole rings is 1. The number of methoxy groups -OCH3 is 1. The van der Waals surface area contributed by atoms with Crippen molar-refractivity contribution in [2.75, 3.05) is 7.11 Å². The molecular weight excluding hydrogens is 196 g/mol. The summed E-state index contributed by atoms with van der Waals surface area (Å²) >= 11 is 1.76. The number of hydrogen-bond acceptors (Lipinski definition) is 4. The number of ether oxygens (including phenoxy) is 1. The lowest BCUT2D eigenvalue weighted by Gasteiger charge is -2.15. The first-order valence-corrected chi connectivity index (χ1v) is 5.81. The Kier molecular flexibility index (Phi) is 2.85. The van der Waals surface area contributed by atoms with Crippen LogP contribution in [0.3, 0.4) is 0 Å². The number of nitrogens with two attached hydrogens (primary N) is 1. The maximum absolute atomic E-state index is 6.03. The van der Waals surface area contributed by atoms with E-state index in [1.54, 1.807) is 18.4 Å². The highest BCUT2D eigenvalue weighted by molar-refractivity contribution is 7.11. The Morgan fingerprint density at radius 3 is 2.93 bits per heavy atom. The van der Waals surface area contributed by atoms with Crippen LogP contribution in [-0.2, 0) is 17.6 Å². The Balaban J connectivity index is 2.17. The van der Waals surface area contributed by atoms with Gasteiger partial charge in [0.2, 0.25) is 0 Å². The zero-order valence-electron chi connectivity index (χ0n) is 8.62. The molecule has 78 valence electrons. The molecule has 0 radical (unpaired) electrons. The molecule has 1 heterocycles. The van der Waals surface area contributed by atoms with Crippen LogP contribution >= 0.6 is 11.3 Å². The number of fused-ring (bicyclic) bond motifs is 1. The van der Waals surface area contributed by atoms with Gasteiger partial charge in [0.15, 0.2) is 0 Å². The molecule has 2 atom stereocenters. The Labute approximate surface area is 88.3 Å². The van der Waals surface area contributed by atoms with Crippen LogP contribution in [0.1, 0.15) is 35.0 Å². The maximum Gasteiger partial charge on any atom is 0.113 e.